The third kappa shape index (κ3) is 10.3. The molecule has 1 aliphatic rings. The molecular formula is C27H36Cl3FN6O2. The summed E-state index contributed by atoms with van der Waals surface area (Å²) in [6, 6.07) is 18.2. The molecule has 12 heteroatoms. The molecule has 39 heavy (non-hydrogen) atoms. The number of H-pyrrole nitrogens is 1. The number of piperazine rings is 1. The number of rotatable bonds is 10. The molecule has 2 aromatic carbocycles. The SMILES string of the molecule is COc1cccc([NH+]2CC[NH+](CCCC(=O)Nc3ccc(NCc4ccc(F)cc4)[nH+]c3N)CC2)c1.[Cl-].[Cl-].[Cl-]. The molecule has 0 radical (unpaired) electrons. The molecule has 7 N–H and O–H groups in total. The lowest BCUT2D eigenvalue weighted by Crippen LogP contribution is -3.26. The number of amides is 1. The average molecular weight is 602 g/mol. The van der Waals surface area contributed by atoms with Crippen molar-refractivity contribution < 1.29 is 65.9 Å². The summed E-state index contributed by atoms with van der Waals surface area (Å²) in [4.78, 5) is 18.6. The highest BCUT2D eigenvalue weighted by Gasteiger charge is 2.24. The van der Waals surface area contributed by atoms with Crippen molar-refractivity contribution in [3.8, 4) is 5.75 Å². The smallest absolute Gasteiger partial charge is 0.241 e. The average Bonchev–Trinajstić information content (AvgIpc) is 2.90. The number of nitrogens with one attached hydrogen (secondary N) is 5. The van der Waals surface area contributed by atoms with Crippen molar-refractivity contribution in [3.63, 3.8) is 0 Å². The molecule has 2 heterocycles. The van der Waals surface area contributed by atoms with Crippen LogP contribution < -0.4 is 73.1 Å². The van der Waals surface area contributed by atoms with E-state index < -0.39 is 0 Å². The predicted octanol–water partition coefficient (Wildman–Crippen LogP) is -8.31. The zero-order chi connectivity index (χ0) is 25.3. The van der Waals surface area contributed by atoms with Gasteiger partial charge in [0.15, 0.2) is 0 Å². The maximum atomic E-state index is 13.0. The number of nitrogen functional groups attached to an aromatic ring is 1. The summed E-state index contributed by atoms with van der Waals surface area (Å²) in [5.74, 6) is 1.70. The Bertz CT molecular complexity index is 1160. The quantitative estimate of drug-likeness (QED) is 0.160. The van der Waals surface area contributed by atoms with Crippen LogP contribution in [0.1, 0.15) is 18.4 Å². The van der Waals surface area contributed by atoms with Gasteiger partial charge in [-0.3, -0.25) is 9.69 Å². The summed E-state index contributed by atoms with van der Waals surface area (Å²) in [5, 5.41) is 6.11. The largest absolute Gasteiger partial charge is 1.00 e. The zero-order valence-corrected chi connectivity index (χ0v) is 24.1. The Morgan fingerprint density at radius 3 is 2.41 bits per heavy atom. The van der Waals surface area contributed by atoms with Gasteiger partial charge in [-0.2, -0.15) is 0 Å². The number of carbonyl (C=O) groups is 1. The van der Waals surface area contributed by atoms with Crippen LogP contribution in [0.3, 0.4) is 0 Å². The highest BCUT2D eigenvalue weighted by molar-refractivity contribution is 5.92. The van der Waals surface area contributed by atoms with Crippen LogP contribution in [0.25, 0.3) is 0 Å². The van der Waals surface area contributed by atoms with Gasteiger partial charge in [-0.1, -0.05) is 18.2 Å². The fourth-order valence-corrected chi connectivity index (χ4v) is 4.52. The number of hydrogen-bond acceptors (Lipinski definition) is 4. The fourth-order valence-electron chi connectivity index (χ4n) is 4.52. The van der Waals surface area contributed by atoms with Crippen LogP contribution in [-0.2, 0) is 11.3 Å². The van der Waals surface area contributed by atoms with Crippen LogP contribution in [0, 0.1) is 5.82 Å². The summed E-state index contributed by atoms with van der Waals surface area (Å²) < 4.78 is 18.4. The third-order valence-corrected chi connectivity index (χ3v) is 6.62. The summed E-state index contributed by atoms with van der Waals surface area (Å²) in [6.07, 6.45) is 1.29. The Kier molecular flexibility index (Phi) is 14.9. The molecule has 3 aromatic rings. The van der Waals surface area contributed by atoms with Crippen LogP contribution in [0.15, 0.2) is 60.7 Å². The molecule has 214 valence electrons. The Balaban J connectivity index is 0.00000253. The number of halogens is 4. The summed E-state index contributed by atoms with van der Waals surface area (Å²) in [5.41, 5.74) is 8.90. The van der Waals surface area contributed by atoms with Crippen LogP contribution >= 0.6 is 0 Å². The van der Waals surface area contributed by atoms with Gasteiger partial charge in [-0.15, -0.1) is 0 Å². The van der Waals surface area contributed by atoms with Crippen LogP contribution in [-0.4, -0.2) is 45.7 Å². The standard InChI is InChI=1S/C27H33FN6O2.3ClH/c1-36-23-5-2-4-22(18-23)34-16-14-33(15-17-34)13-3-6-26(35)31-24-11-12-25(32-27(24)29)30-19-20-7-9-21(28)10-8-20;;;/h2,4-5,7-12,18H,3,6,13-17,19H2,1H3,(H,31,35)(H3,29,30,32);3*1H. The van der Waals surface area contributed by atoms with Gasteiger partial charge >= 0.3 is 0 Å². The Labute approximate surface area is 247 Å². The highest BCUT2D eigenvalue weighted by Crippen LogP contribution is 2.16. The van der Waals surface area contributed by atoms with E-state index in [-0.39, 0.29) is 48.9 Å². The lowest BCUT2D eigenvalue weighted by Gasteiger charge is -2.29. The monoisotopic (exact) mass is 600 g/mol. The van der Waals surface area contributed by atoms with Gasteiger partial charge < -0.3 is 63.2 Å². The number of hydrogen-bond donors (Lipinski definition) is 5. The van der Waals surface area contributed by atoms with Crippen molar-refractivity contribution in [2.24, 2.45) is 0 Å². The molecule has 1 aliphatic heterocycles. The number of anilines is 3. The van der Waals surface area contributed by atoms with Crippen LogP contribution in [0.5, 0.6) is 5.75 Å². The van der Waals surface area contributed by atoms with Crippen molar-refractivity contribution in [3.05, 3.63) is 72.0 Å². The van der Waals surface area contributed by atoms with Crippen molar-refractivity contribution in [1.82, 2.24) is 0 Å². The van der Waals surface area contributed by atoms with Crippen molar-refractivity contribution in [2.75, 3.05) is 56.2 Å². The Morgan fingerprint density at radius 2 is 1.74 bits per heavy atom. The van der Waals surface area contributed by atoms with Crippen molar-refractivity contribution >= 4 is 28.9 Å². The summed E-state index contributed by atoms with van der Waals surface area (Å²) in [7, 11) is 1.70. The van der Waals surface area contributed by atoms with Crippen LogP contribution in [0.4, 0.5) is 27.4 Å². The predicted molar refractivity (Wildman–Crippen MR) is 138 cm³/mol. The summed E-state index contributed by atoms with van der Waals surface area (Å²) >= 11 is 0. The zero-order valence-electron chi connectivity index (χ0n) is 21.8. The van der Waals surface area contributed by atoms with Gasteiger partial charge in [0.1, 0.15) is 49.1 Å². The normalized spacial score (nSPS) is 16.1. The van der Waals surface area contributed by atoms with E-state index in [1.54, 1.807) is 30.2 Å². The first-order chi connectivity index (χ1) is 17.5. The molecule has 0 saturated carbocycles. The third-order valence-electron chi connectivity index (χ3n) is 6.62. The molecule has 8 nitrogen and oxygen atoms in total. The molecule has 4 rings (SSSR count). The minimum absolute atomic E-state index is 0. The number of carbonyl (C=O) groups excluding carboxylic acids is 1. The van der Waals surface area contributed by atoms with Gasteiger partial charge in [0.25, 0.3) is 0 Å². The molecule has 1 fully saturated rings. The van der Waals surface area contributed by atoms with Crippen molar-refractivity contribution in [1.29, 1.82) is 0 Å². The van der Waals surface area contributed by atoms with E-state index in [9.17, 15) is 9.18 Å². The fraction of sp³-hybridized carbons (Fsp3) is 0.333. The molecule has 1 amide bonds. The maximum absolute atomic E-state index is 13.0. The molecular weight excluding hydrogens is 566 g/mol. The minimum atomic E-state index is -0.260. The second-order valence-electron chi connectivity index (χ2n) is 9.17. The maximum Gasteiger partial charge on any atom is 0.241 e. The Hall–Kier alpha value is -2.82. The molecule has 0 atom stereocenters. The molecule has 0 bridgehead atoms. The number of aromatic amines is 1. The molecule has 0 aliphatic carbocycles. The topological polar surface area (TPSA) is 99.4 Å². The van der Waals surface area contributed by atoms with Crippen molar-refractivity contribution in [2.45, 2.75) is 19.4 Å². The van der Waals surface area contributed by atoms with Gasteiger partial charge in [-0.25, -0.2) is 9.37 Å². The number of quaternary nitrogens is 2. The van der Waals surface area contributed by atoms with Crippen LogP contribution in [0.2, 0.25) is 0 Å². The molecule has 1 aromatic heterocycles. The lowest BCUT2D eigenvalue weighted by atomic mass is 10.2. The van der Waals surface area contributed by atoms with Gasteiger partial charge in [0.2, 0.25) is 17.5 Å². The second-order valence-corrected chi connectivity index (χ2v) is 9.17. The van der Waals surface area contributed by atoms with E-state index >= 15 is 0 Å². The second kappa shape index (κ2) is 17.0. The van der Waals surface area contributed by atoms with E-state index in [0.717, 1.165) is 50.5 Å². The van der Waals surface area contributed by atoms with Gasteiger partial charge in [-0.05, 0) is 35.9 Å². The first-order valence-corrected chi connectivity index (χ1v) is 12.4. The minimum Gasteiger partial charge on any atom is -1.00 e. The van der Waals surface area contributed by atoms with E-state index in [4.69, 9.17) is 10.5 Å². The number of methoxy groups -OCH3 is 1. The van der Waals surface area contributed by atoms with E-state index in [1.807, 2.05) is 18.2 Å². The number of benzene rings is 2. The lowest BCUT2D eigenvalue weighted by molar-refractivity contribution is -0.986. The van der Waals surface area contributed by atoms with Gasteiger partial charge in [0, 0.05) is 25.0 Å². The van der Waals surface area contributed by atoms with Gasteiger partial charge in [0.05, 0.1) is 20.2 Å². The number of aromatic nitrogens is 1. The number of nitrogens with two attached hydrogens (primary N) is 1. The Morgan fingerprint density at radius 1 is 1.03 bits per heavy atom. The number of pyridine rings is 1. The van der Waals surface area contributed by atoms with E-state index in [2.05, 4.69) is 27.8 Å². The molecule has 1 saturated heterocycles. The van der Waals surface area contributed by atoms with E-state index in [1.165, 1.54) is 22.7 Å². The van der Waals surface area contributed by atoms with E-state index in [0.29, 0.717) is 30.3 Å². The summed E-state index contributed by atoms with van der Waals surface area (Å²) in [6.45, 7) is 5.82. The molecule has 0 unspecified atom stereocenters. The molecule has 0 spiro atoms. The first kappa shape index (κ1) is 34.2. The number of ether oxygens (including phenoxy) is 1. The highest BCUT2D eigenvalue weighted by atomic mass is 35.5. The first-order valence-electron chi connectivity index (χ1n) is 12.4.